The lowest BCUT2D eigenvalue weighted by atomic mass is 9.96. The monoisotopic (exact) mass is 904 g/mol. The van der Waals surface area contributed by atoms with Gasteiger partial charge in [0.25, 0.3) is 0 Å². The number of rotatable bonds is 30. The maximum Gasteiger partial charge on any atom is 0.338 e. The highest BCUT2D eigenvalue weighted by Crippen LogP contribution is 2.12. The molecule has 0 aromatic heterocycles. The topological polar surface area (TPSA) is 448 Å². The van der Waals surface area contributed by atoms with Crippen molar-refractivity contribution >= 4 is 65.2 Å². The first kappa shape index (κ1) is 56.8. The molecule has 0 aliphatic rings. The van der Waals surface area contributed by atoms with Crippen LogP contribution in [0.3, 0.4) is 0 Å². The molecule has 0 aromatic carbocycles. The first-order valence-electron chi connectivity index (χ1n) is 20.2. The molecule has 0 spiro atoms. The molecule has 0 saturated carbocycles. The number of hydrogen-bond acceptors (Lipinski definition) is 13. The van der Waals surface area contributed by atoms with Crippen molar-refractivity contribution in [1.82, 2.24) is 37.2 Å². The molecule has 0 unspecified atom stereocenters. The molecule has 63 heavy (non-hydrogen) atoms. The van der Waals surface area contributed by atoms with Gasteiger partial charge in [-0.2, -0.15) is 0 Å². The molecule has 0 rings (SSSR count). The van der Waals surface area contributed by atoms with E-state index in [0.29, 0.717) is 0 Å². The van der Waals surface area contributed by atoms with Gasteiger partial charge in [-0.25, -0.2) is 4.79 Å². The Morgan fingerprint density at radius 1 is 0.556 bits per heavy atom. The number of carboxylic acid groups (broad SMARTS) is 3. The summed E-state index contributed by atoms with van der Waals surface area (Å²) in [5.41, 5.74) is 16.4. The molecule has 0 bridgehead atoms. The Morgan fingerprint density at radius 2 is 0.952 bits per heavy atom. The number of guanidine groups is 1. The lowest BCUT2D eigenvalue weighted by Gasteiger charge is -2.30. The van der Waals surface area contributed by atoms with Crippen LogP contribution in [0, 0.1) is 11.8 Å². The number of nitrogens with one attached hydrogen (secondary N) is 8. The Bertz CT molecular complexity index is 1640. The number of hydrogen-bond donors (Lipinski definition) is 16. The molecule has 0 fully saturated rings. The summed E-state index contributed by atoms with van der Waals surface area (Å²) in [4.78, 5) is 130. The van der Waals surface area contributed by atoms with E-state index in [1.54, 1.807) is 6.92 Å². The van der Waals surface area contributed by atoms with Crippen LogP contribution >= 0.6 is 0 Å². The zero-order valence-electron chi connectivity index (χ0n) is 36.3. The van der Waals surface area contributed by atoms with E-state index in [-0.39, 0.29) is 31.8 Å². The second kappa shape index (κ2) is 28.5. The third-order valence-electron chi connectivity index (χ3n) is 9.51. The highest BCUT2D eigenvalue weighted by Gasteiger charge is 2.37. The largest absolute Gasteiger partial charge is 0.481 e. The molecular weight excluding hydrogens is 838 g/mol. The smallest absolute Gasteiger partial charge is 0.338 e. The van der Waals surface area contributed by atoms with E-state index in [1.807, 2.05) is 0 Å². The van der Waals surface area contributed by atoms with Crippen molar-refractivity contribution in [2.75, 3.05) is 13.2 Å². The average Bonchev–Trinajstić information content (AvgIpc) is 3.19. The van der Waals surface area contributed by atoms with E-state index in [9.17, 15) is 73.5 Å². The van der Waals surface area contributed by atoms with Crippen LogP contribution in [-0.4, -0.2) is 158 Å². The zero-order chi connectivity index (χ0) is 48.7. The molecule has 19 N–H and O–H groups in total. The van der Waals surface area contributed by atoms with Crippen LogP contribution in [0.1, 0.15) is 86.5 Å². The Balaban J connectivity index is 6.41. The summed E-state index contributed by atoms with van der Waals surface area (Å²) in [6, 6.07) is -12.2. The minimum absolute atomic E-state index is 0.00135. The van der Waals surface area contributed by atoms with Gasteiger partial charge in [-0.1, -0.05) is 34.1 Å². The second-order valence-electron chi connectivity index (χ2n) is 15.3. The van der Waals surface area contributed by atoms with Crippen molar-refractivity contribution in [2.24, 2.45) is 29.0 Å². The van der Waals surface area contributed by atoms with E-state index in [4.69, 9.17) is 17.2 Å². The Kier molecular flexibility index (Phi) is 25.7. The number of nitrogens with two attached hydrogens (primary N) is 3. The number of carboxylic acids is 3. The predicted octanol–water partition coefficient (Wildman–Crippen LogP) is -7.25. The van der Waals surface area contributed by atoms with Gasteiger partial charge in [-0.15, -0.1) is 0 Å². The van der Waals surface area contributed by atoms with Gasteiger partial charge in [-0.3, -0.25) is 59.6 Å². The Morgan fingerprint density at radius 3 is 1.37 bits per heavy atom. The van der Waals surface area contributed by atoms with Gasteiger partial charge in [0.05, 0.1) is 25.3 Å². The first-order chi connectivity index (χ1) is 29.3. The number of aliphatic hydroxyl groups excluding tert-OH is 2. The summed E-state index contributed by atoms with van der Waals surface area (Å²) in [5, 5.41) is 64.7. The van der Waals surface area contributed by atoms with Gasteiger partial charge in [0.2, 0.25) is 41.4 Å². The molecule has 0 aliphatic heterocycles. The Labute approximate surface area is 363 Å². The standard InChI is InChI=1S/C37H65N11O15/c1-7-17(4)27(47-35(61)28(19(6)50)48-31(57)20(42-29(55)18(5)38)9-8-14-41-37(39)40)34(60)44-21(10-12-24(51)52)30(56)45-23(15-49)33(59)43-22(11-13-25(53)54)32(58)46-26(16(2)3)36(62)63/h16-23,26-28,49-50H,7-15,38H2,1-6H3,(H,42,55)(H,43,59)(H,44,60)(H,45,56)(H,46,58)(H,47,61)(H,48,57)(H,51,52)(H,53,54)(H,62,63)(H4,39,40,41)/p+1/t17-,18-,19+,20-,21-,22-,23-,26-,27-,28-/m0/s1. The molecule has 26 heteroatoms. The molecule has 0 saturated heterocycles. The molecule has 10 atom stereocenters. The van der Waals surface area contributed by atoms with Crippen LogP contribution in [0.15, 0.2) is 0 Å². The summed E-state index contributed by atoms with van der Waals surface area (Å²) in [7, 11) is 0. The van der Waals surface area contributed by atoms with Gasteiger partial charge in [0.1, 0.15) is 42.3 Å². The van der Waals surface area contributed by atoms with E-state index in [2.05, 4.69) is 42.2 Å². The molecule has 0 aromatic rings. The molecule has 7 amide bonds. The normalized spacial score (nSPS) is 15.8. The van der Waals surface area contributed by atoms with Crippen LogP contribution in [0.25, 0.3) is 0 Å². The fourth-order valence-electron chi connectivity index (χ4n) is 5.56. The molecular formula is C37H66N11O15+. The molecule has 0 aliphatic carbocycles. The number of carbonyl (C=O) groups is 10. The maximum absolute atomic E-state index is 13.8. The van der Waals surface area contributed by atoms with Crippen molar-refractivity contribution in [3.05, 3.63) is 0 Å². The van der Waals surface area contributed by atoms with Crippen LogP contribution in [0.2, 0.25) is 0 Å². The third-order valence-corrected chi connectivity index (χ3v) is 9.51. The van der Waals surface area contributed by atoms with E-state index >= 15 is 0 Å². The van der Waals surface area contributed by atoms with Crippen molar-refractivity contribution < 1.29 is 78.5 Å². The highest BCUT2D eigenvalue weighted by molar-refractivity contribution is 5.98. The lowest BCUT2D eigenvalue weighted by molar-refractivity contribution is -0.459. The van der Waals surface area contributed by atoms with Gasteiger partial charge in [0, 0.05) is 12.8 Å². The van der Waals surface area contributed by atoms with Crippen LogP contribution < -0.4 is 59.4 Å². The van der Waals surface area contributed by atoms with E-state index in [1.165, 1.54) is 34.6 Å². The van der Waals surface area contributed by atoms with Crippen LogP contribution in [-0.2, 0) is 47.9 Å². The third kappa shape index (κ3) is 21.5. The van der Waals surface area contributed by atoms with Gasteiger partial charge in [-0.05, 0) is 51.4 Å². The van der Waals surface area contributed by atoms with Crippen LogP contribution in [0.4, 0.5) is 0 Å². The number of aliphatic hydroxyl groups is 2. The minimum atomic E-state index is -1.88. The van der Waals surface area contributed by atoms with E-state index in [0.717, 1.165) is 0 Å². The fraction of sp³-hybridized carbons (Fsp3) is 0.703. The first-order valence-corrected chi connectivity index (χ1v) is 20.2. The van der Waals surface area contributed by atoms with Gasteiger partial charge >= 0.3 is 23.9 Å². The number of amides is 7. The van der Waals surface area contributed by atoms with Crippen molar-refractivity contribution in [3.8, 4) is 0 Å². The Hall–Kier alpha value is -6.15. The van der Waals surface area contributed by atoms with Crippen molar-refractivity contribution in [1.29, 1.82) is 0 Å². The van der Waals surface area contributed by atoms with Crippen molar-refractivity contribution in [3.63, 3.8) is 0 Å². The summed E-state index contributed by atoms with van der Waals surface area (Å²) < 4.78 is 0. The van der Waals surface area contributed by atoms with Gasteiger partial charge in [0.15, 0.2) is 0 Å². The minimum Gasteiger partial charge on any atom is -0.481 e. The summed E-state index contributed by atoms with van der Waals surface area (Å²) in [5.74, 6) is -12.8. The lowest BCUT2D eigenvalue weighted by Crippen LogP contribution is -2.78. The second-order valence-corrected chi connectivity index (χ2v) is 15.3. The predicted molar refractivity (Wildman–Crippen MR) is 220 cm³/mol. The number of aliphatic carboxylic acids is 3. The SMILES string of the molecule is CC[C@H](C)[C@H](NC(=O)[C@@H](NC(=O)[C@H](CCC[NH+]=C(N)N)NC(=O)[C@H](C)N)[C@@H](C)O)C(=O)N[C@@H](CCC(=O)O)C(=O)N[C@@H](CO)C(=O)N[C@@H](CCC(=O)O)C(=O)N[C@H](C(=O)O)C(C)C. The molecule has 358 valence electrons. The quantitative estimate of drug-likeness (QED) is 0.0181. The summed E-state index contributed by atoms with van der Waals surface area (Å²) >= 11 is 0. The molecule has 0 radical (unpaired) electrons. The van der Waals surface area contributed by atoms with Crippen LogP contribution in [0.5, 0.6) is 0 Å². The van der Waals surface area contributed by atoms with E-state index < -0.39 is 158 Å². The van der Waals surface area contributed by atoms with Gasteiger partial charge < -0.3 is 68.5 Å². The molecule has 26 nitrogen and oxygen atoms in total. The highest BCUT2D eigenvalue weighted by atomic mass is 16.4. The summed E-state index contributed by atoms with van der Waals surface area (Å²) in [6.07, 6.45) is -3.59. The number of carbonyl (C=O) groups excluding carboxylic acids is 7. The zero-order valence-corrected chi connectivity index (χ0v) is 36.3. The average molecular weight is 905 g/mol. The fourth-order valence-corrected chi connectivity index (χ4v) is 5.56. The maximum atomic E-state index is 13.8. The summed E-state index contributed by atoms with van der Waals surface area (Å²) in [6.45, 7) is 7.78. The van der Waals surface area contributed by atoms with Crippen molar-refractivity contribution in [2.45, 2.75) is 141 Å². The molecule has 0 heterocycles.